The summed E-state index contributed by atoms with van der Waals surface area (Å²) in [6.07, 6.45) is 2.54. The Balaban J connectivity index is 1.44. The number of aryl methyl sites for hydroxylation is 2. The lowest BCUT2D eigenvalue weighted by molar-refractivity contribution is -0.131. The summed E-state index contributed by atoms with van der Waals surface area (Å²) in [5.74, 6) is -0.726. The molecule has 8 heteroatoms. The molecule has 0 aliphatic carbocycles. The van der Waals surface area contributed by atoms with Crippen LogP contribution in [0.25, 0.3) is 0 Å². The van der Waals surface area contributed by atoms with E-state index in [-0.39, 0.29) is 41.8 Å². The highest BCUT2D eigenvalue weighted by Crippen LogP contribution is 2.24. The van der Waals surface area contributed by atoms with Gasteiger partial charge >= 0.3 is 0 Å². The van der Waals surface area contributed by atoms with Gasteiger partial charge in [-0.25, -0.2) is 8.42 Å². The molecule has 7 nitrogen and oxygen atoms in total. The lowest BCUT2D eigenvalue weighted by Gasteiger charge is -2.31. The summed E-state index contributed by atoms with van der Waals surface area (Å²) < 4.78 is 27.2. The normalized spacial score (nSPS) is 17.0. The van der Waals surface area contributed by atoms with E-state index in [1.807, 2.05) is 32.0 Å². The van der Waals surface area contributed by atoms with Crippen molar-refractivity contribution in [3.63, 3.8) is 0 Å². The molecule has 2 amide bonds. The van der Waals surface area contributed by atoms with Gasteiger partial charge in [0.1, 0.15) is 6.04 Å². The number of carbonyl (C=O) groups excluding carboxylic acids is 2. The van der Waals surface area contributed by atoms with Crippen LogP contribution in [0.4, 0.5) is 0 Å². The van der Waals surface area contributed by atoms with E-state index in [2.05, 4.69) is 22.8 Å². The Kier molecular flexibility index (Phi) is 8.85. The fraction of sp³-hybridized carbons (Fsp3) is 0.462. The summed E-state index contributed by atoms with van der Waals surface area (Å²) >= 11 is 0. The molecule has 0 spiro atoms. The van der Waals surface area contributed by atoms with Crippen molar-refractivity contribution < 1.29 is 18.0 Å². The smallest absolute Gasteiger partial charge is 0.243 e. The SMILES string of the molecule is Cc1ccc(S(=O)(=O)N2CCC(C(=O)NC(C)C(=O)NC(C)CCc3ccccc3)CC2)cc1. The van der Waals surface area contributed by atoms with Crippen molar-refractivity contribution in [2.24, 2.45) is 5.92 Å². The van der Waals surface area contributed by atoms with E-state index in [9.17, 15) is 18.0 Å². The molecule has 2 atom stereocenters. The standard InChI is InChI=1S/C26H35N3O4S/c1-19-9-13-24(14-10-19)34(32,33)29-17-15-23(16-18-29)26(31)28-21(3)25(30)27-20(2)11-12-22-7-5-4-6-8-22/h4-10,13-14,20-21,23H,11-12,15-18H2,1-3H3,(H,27,30)(H,28,31). The van der Waals surface area contributed by atoms with E-state index in [1.165, 1.54) is 9.87 Å². The molecule has 1 aliphatic rings. The Morgan fingerprint density at radius 2 is 1.59 bits per heavy atom. The highest BCUT2D eigenvalue weighted by Gasteiger charge is 2.33. The van der Waals surface area contributed by atoms with E-state index < -0.39 is 16.1 Å². The Hall–Kier alpha value is -2.71. The van der Waals surface area contributed by atoms with Crippen molar-refractivity contribution in [1.82, 2.24) is 14.9 Å². The zero-order valence-corrected chi connectivity index (χ0v) is 21.0. The number of benzene rings is 2. The Morgan fingerprint density at radius 1 is 0.971 bits per heavy atom. The second-order valence-corrected chi connectivity index (χ2v) is 11.1. The Labute approximate surface area is 203 Å². The zero-order valence-electron chi connectivity index (χ0n) is 20.2. The Morgan fingerprint density at radius 3 is 2.21 bits per heavy atom. The molecule has 2 aromatic rings. The highest BCUT2D eigenvalue weighted by molar-refractivity contribution is 7.89. The highest BCUT2D eigenvalue weighted by atomic mass is 32.2. The minimum Gasteiger partial charge on any atom is -0.352 e. The average molecular weight is 486 g/mol. The molecule has 1 saturated heterocycles. The maximum Gasteiger partial charge on any atom is 0.243 e. The van der Waals surface area contributed by atoms with Crippen LogP contribution >= 0.6 is 0 Å². The van der Waals surface area contributed by atoms with Gasteiger partial charge in [0.05, 0.1) is 4.90 Å². The number of nitrogens with zero attached hydrogens (tertiary/aromatic N) is 1. The molecular formula is C26H35N3O4S. The van der Waals surface area contributed by atoms with Crippen LogP contribution in [0.15, 0.2) is 59.5 Å². The zero-order chi connectivity index (χ0) is 24.7. The lowest BCUT2D eigenvalue weighted by atomic mass is 9.97. The quantitative estimate of drug-likeness (QED) is 0.571. The van der Waals surface area contributed by atoms with Crippen LogP contribution in [0.1, 0.15) is 44.2 Å². The van der Waals surface area contributed by atoms with Gasteiger partial charge in [0, 0.05) is 25.0 Å². The monoisotopic (exact) mass is 485 g/mol. The number of piperidine rings is 1. The maximum absolute atomic E-state index is 12.9. The average Bonchev–Trinajstić information content (AvgIpc) is 2.83. The van der Waals surface area contributed by atoms with E-state index in [0.717, 1.165) is 18.4 Å². The van der Waals surface area contributed by atoms with Crippen molar-refractivity contribution in [1.29, 1.82) is 0 Å². The predicted molar refractivity (Wildman–Crippen MR) is 133 cm³/mol. The first kappa shape index (κ1) is 25.9. The van der Waals surface area contributed by atoms with Crippen molar-refractivity contribution in [3.8, 4) is 0 Å². The van der Waals surface area contributed by atoms with Gasteiger partial charge in [-0.05, 0) is 64.2 Å². The van der Waals surface area contributed by atoms with Gasteiger partial charge in [0.25, 0.3) is 0 Å². The molecule has 2 unspecified atom stereocenters. The van der Waals surface area contributed by atoms with Gasteiger partial charge in [0.15, 0.2) is 0 Å². The van der Waals surface area contributed by atoms with Crippen LogP contribution in [0.2, 0.25) is 0 Å². The molecule has 2 N–H and O–H groups in total. The minimum atomic E-state index is -3.57. The first-order chi connectivity index (χ1) is 16.2. The molecule has 3 rings (SSSR count). The molecule has 1 aliphatic heterocycles. The van der Waals surface area contributed by atoms with Gasteiger partial charge < -0.3 is 10.6 Å². The van der Waals surface area contributed by atoms with Gasteiger partial charge in [-0.1, -0.05) is 48.0 Å². The molecular weight excluding hydrogens is 450 g/mol. The van der Waals surface area contributed by atoms with Crippen molar-refractivity contribution in [2.45, 2.75) is 63.4 Å². The summed E-state index contributed by atoms with van der Waals surface area (Å²) in [4.78, 5) is 25.5. The van der Waals surface area contributed by atoms with Crippen LogP contribution in [-0.4, -0.2) is 49.7 Å². The third-order valence-corrected chi connectivity index (χ3v) is 8.25. The molecule has 1 fully saturated rings. The molecule has 1 heterocycles. The summed E-state index contributed by atoms with van der Waals surface area (Å²) in [5.41, 5.74) is 2.22. The molecule has 2 aromatic carbocycles. The predicted octanol–water partition coefficient (Wildman–Crippen LogP) is 3.04. The third kappa shape index (κ3) is 6.90. The number of nitrogens with one attached hydrogen (secondary N) is 2. The molecule has 184 valence electrons. The molecule has 0 saturated carbocycles. The third-order valence-electron chi connectivity index (χ3n) is 6.33. The van der Waals surface area contributed by atoms with Gasteiger partial charge in [0.2, 0.25) is 21.8 Å². The number of amides is 2. The Bertz CT molecular complexity index is 1060. The topological polar surface area (TPSA) is 95.6 Å². The summed E-state index contributed by atoms with van der Waals surface area (Å²) in [5, 5.41) is 5.77. The van der Waals surface area contributed by atoms with E-state index in [1.54, 1.807) is 31.2 Å². The molecule has 0 radical (unpaired) electrons. The van der Waals surface area contributed by atoms with E-state index in [4.69, 9.17) is 0 Å². The van der Waals surface area contributed by atoms with Crippen LogP contribution < -0.4 is 10.6 Å². The fourth-order valence-corrected chi connectivity index (χ4v) is 5.55. The van der Waals surface area contributed by atoms with Gasteiger partial charge in [-0.2, -0.15) is 4.31 Å². The van der Waals surface area contributed by atoms with Crippen LogP contribution in [0.5, 0.6) is 0 Å². The van der Waals surface area contributed by atoms with Gasteiger partial charge in [-0.3, -0.25) is 9.59 Å². The number of carbonyl (C=O) groups is 2. The summed E-state index contributed by atoms with van der Waals surface area (Å²) in [6, 6.07) is 16.2. The largest absolute Gasteiger partial charge is 0.352 e. The number of hydrogen-bond acceptors (Lipinski definition) is 4. The fourth-order valence-electron chi connectivity index (χ4n) is 4.08. The maximum atomic E-state index is 12.9. The van der Waals surface area contributed by atoms with Gasteiger partial charge in [-0.15, -0.1) is 0 Å². The number of rotatable bonds is 9. The molecule has 34 heavy (non-hydrogen) atoms. The van der Waals surface area contributed by atoms with E-state index >= 15 is 0 Å². The van der Waals surface area contributed by atoms with Crippen molar-refractivity contribution in [2.75, 3.05) is 13.1 Å². The van der Waals surface area contributed by atoms with E-state index in [0.29, 0.717) is 12.8 Å². The second-order valence-electron chi connectivity index (χ2n) is 9.16. The van der Waals surface area contributed by atoms with Crippen molar-refractivity contribution in [3.05, 3.63) is 65.7 Å². The molecule has 0 aromatic heterocycles. The number of hydrogen-bond donors (Lipinski definition) is 2. The van der Waals surface area contributed by atoms with Crippen molar-refractivity contribution >= 4 is 21.8 Å². The summed E-state index contributed by atoms with van der Waals surface area (Å²) in [6.45, 7) is 6.11. The molecule has 0 bridgehead atoms. The minimum absolute atomic E-state index is 0.0118. The summed E-state index contributed by atoms with van der Waals surface area (Å²) in [7, 11) is -3.57. The van der Waals surface area contributed by atoms with Crippen LogP contribution in [0.3, 0.4) is 0 Å². The first-order valence-corrected chi connectivity index (χ1v) is 13.3. The second kappa shape index (κ2) is 11.6. The first-order valence-electron chi connectivity index (χ1n) is 11.9. The lowest BCUT2D eigenvalue weighted by Crippen LogP contribution is -2.50. The number of sulfonamides is 1. The van der Waals surface area contributed by atoms with Crippen LogP contribution in [-0.2, 0) is 26.0 Å². The van der Waals surface area contributed by atoms with Crippen LogP contribution in [0, 0.1) is 12.8 Å².